The number of nitrogens with zero attached hydrogens (tertiary/aromatic N) is 3. The van der Waals surface area contributed by atoms with E-state index in [1.165, 1.54) is 35.5 Å². The maximum atomic E-state index is 12.5. The van der Waals surface area contributed by atoms with Crippen molar-refractivity contribution in [3.63, 3.8) is 0 Å². The Balaban J connectivity index is 1.78. The number of fused-ring (bicyclic) bond motifs is 1. The van der Waals surface area contributed by atoms with Crippen LogP contribution in [0.1, 0.15) is 11.3 Å². The third-order valence-corrected chi connectivity index (χ3v) is 4.29. The van der Waals surface area contributed by atoms with Gasteiger partial charge in [0.1, 0.15) is 17.9 Å². The van der Waals surface area contributed by atoms with Gasteiger partial charge in [-0.15, -0.1) is 13.2 Å². The lowest BCUT2D eigenvalue weighted by molar-refractivity contribution is -0.274. The molecule has 3 rings (SSSR count). The van der Waals surface area contributed by atoms with Crippen LogP contribution in [0.25, 0.3) is 6.08 Å². The molecule has 0 aliphatic heterocycles. The van der Waals surface area contributed by atoms with Gasteiger partial charge < -0.3 is 20.1 Å². The Labute approximate surface area is 170 Å². The first-order valence-electron chi connectivity index (χ1n) is 8.98. The normalized spacial score (nSPS) is 13.2. The minimum atomic E-state index is -4.75. The van der Waals surface area contributed by atoms with E-state index in [1.54, 1.807) is 25.3 Å². The van der Waals surface area contributed by atoms with Crippen LogP contribution in [0.5, 0.6) is 5.75 Å². The van der Waals surface area contributed by atoms with Gasteiger partial charge in [0.25, 0.3) is 5.91 Å². The van der Waals surface area contributed by atoms with Gasteiger partial charge >= 0.3 is 6.36 Å². The number of hydrogen-bond acceptors (Lipinski definition) is 6. The zero-order valence-electron chi connectivity index (χ0n) is 16.0. The predicted octanol–water partition coefficient (Wildman–Crippen LogP) is 3.07. The Kier molecular flexibility index (Phi) is 6.36. The maximum absolute atomic E-state index is 12.5. The van der Waals surface area contributed by atoms with Crippen LogP contribution < -0.4 is 10.1 Å². The van der Waals surface area contributed by atoms with Crippen molar-refractivity contribution in [2.45, 2.75) is 12.8 Å². The second kappa shape index (κ2) is 8.95. The topological polar surface area (TPSA) is 87.6 Å². The van der Waals surface area contributed by atoms with Gasteiger partial charge in [0, 0.05) is 36.8 Å². The molecule has 0 radical (unpaired) electrons. The van der Waals surface area contributed by atoms with Crippen molar-refractivity contribution in [1.29, 1.82) is 0 Å². The summed E-state index contributed by atoms with van der Waals surface area (Å²) in [5, 5.41) is 12.1. The summed E-state index contributed by atoms with van der Waals surface area (Å²) in [6.45, 7) is 0.0867. The molecular formula is C20H19F3N4O3. The first-order chi connectivity index (χ1) is 14.3. The number of anilines is 2. The van der Waals surface area contributed by atoms with Gasteiger partial charge in [-0.2, -0.15) is 0 Å². The molecule has 2 aromatic rings. The van der Waals surface area contributed by atoms with Crippen molar-refractivity contribution in [2.75, 3.05) is 25.5 Å². The molecule has 1 heterocycles. The van der Waals surface area contributed by atoms with E-state index in [0.717, 1.165) is 0 Å². The Bertz CT molecular complexity index is 972. The van der Waals surface area contributed by atoms with Crippen LogP contribution in [-0.2, 0) is 11.2 Å². The van der Waals surface area contributed by atoms with Gasteiger partial charge in [-0.25, -0.2) is 9.97 Å². The van der Waals surface area contributed by atoms with Gasteiger partial charge in [-0.1, -0.05) is 6.08 Å². The number of ether oxygens (including phenoxy) is 1. The largest absolute Gasteiger partial charge is 0.573 e. The third-order valence-electron chi connectivity index (χ3n) is 4.29. The summed E-state index contributed by atoms with van der Waals surface area (Å²) in [6, 6.07) is 5.27. The lowest BCUT2D eigenvalue weighted by atomic mass is 10.1. The van der Waals surface area contributed by atoms with Gasteiger partial charge in [-0.05, 0) is 36.4 Å². The molecule has 0 unspecified atom stereocenters. The summed E-state index contributed by atoms with van der Waals surface area (Å²) in [5.74, 6) is -0.101. The Morgan fingerprint density at radius 2 is 1.97 bits per heavy atom. The Morgan fingerprint density at radius 1 is 1.23 bits per heavy atom. The number of aromatic nitrogens is 2. The van der Waals surface area contributed by atoms with E-state index in [9.17, 15) is 18.0 Å². The fourth-order valence-corrected chi connectivity index (χ4v) is 2.82. The summed E-state index contributed by atoms with van der Waals surface area (Å²) < 4.78 is 40.7. The molecule has 10 heteroatoms. The van der Waals surface area contributed by atoms with Crippen LogP contribution >= 0.6 is 0 Å². The standard InChI is InChI=1S/C20H19F3N4O3/c1-27(10-11-28)19(29)13-2-8-16-17(9-3-13)24-12-25-18(16)26-14-4-6-15(7-5-14)30-20(21,22)23/h2-8,12,28H,9-11H2,1H3,(H,24,25,26). The van der Waals surface area contributed by atoms with Crippen LogP contribution in [0.4, 0.5) is 24.7 Å². The predicted molar refractivity (Wildman–Crippen MR) is 104 cm³/mol. The number of amides is 1. The molecule has 0 fully saturated rings. The van der Waals surface area contributed by atoms with Crippen molar-refractivity contribution in [2.24, 2.45) is 0 Å². The Morgan fingerprint density at radius 3 is 2.63 bits per heavy atom. The van der Waals surface area contributed by atoms with Gasteiger partial charge in [-0.3, -0.25) is 4.79 Å². The van der Waals surface area contributed by atoms with Crippen LogP contribution in [0, 0.1) is 0 Å². The van der Waals surface area contributed by atoms with E-state index in [-0.39, 0.29) is 24.8 Å². The molecule has 1 aliphatic carbocycles. The number of benzene rings is 1. The van der Waals surface area contributed by atoms with E-state index >= 15 is 0 Å². The van der Waals surface area contributed by atoms with Crippen molar-refractivity contribution in [3.05, 3.63) is 59.6 Å². The molecule has 0 spiro atoms. The molecule has 1 aromatic heterocycles. The summed E-state index contributed by atoms with van der Waals surface area (Å²) in [4.78, 5) is 22.3. The number of likely N-dealkylation sites (N-methyl/N-ethyl adjacent to an activating group) is 1. The number of halogens is 3. The van der Waals surface area contributed by atoms with Crippen molar-refractivity contribution in [1.82, 2.24) is 14.9 Å². The van der Waals surface area contributed by atoms with E-state index in [2.05, 4.69) is 20.0 Å². The number of alkyl halides is 3. The van der Waals surface area contributed by atoms with E-state index in [4.69, 9.17) is 5.11 Å². The lowest BCUT2D eigenvalue weighted by Gasteiger charge is -2.15. The number of aliphatic hydroxyl groups excluding tert-OH is 1. The minimum absolute atomic E-state index is 0.133. The summed E-state index contributed by atoms with van der Waals surface area (Å²) in [6.07, 6.45) is 2.12. The highest BCUT2D eigenvalue weighted by molar-refractivity contribution is 5.97. The van der Waals surface area contributed by atoms with E-state index in [0.29, 0.717) is 34.8 Å². The van der Waals surface area contributed by atoms with E-state index in [1.807, 2.05) is 0 Å². The number of carbonyl (C=O) groups excluding carboxylic acids is 1. The number of allylic oxidation sites excluding steroid dienone is 1. The van der Waals surface area contributed by atoms with Crippen LogP contribution in [0.3, 0.4) is 0 Å². The van der Waals surface area contributed by atoms with Crippen LogP contribution in [0.2, 0.25) is 0 Å². The monoisotopic (exact) mass is 420 g/mol. The molecule has 0 bridgehead atoms. The van der Waals surface area contributed by atoms with E-state index < -0.39 is 6.36 Å². The highest BCUT2D eigenvalue weighted by Gasteiger charge is 2.31. The fourth-order valence-electron chi connectivity index (χ4n) is 2.82. The van der Waals surface area contributed by atoms with Gasteiger partial charge in [0.05, 0.1) is 12.3 Å². The Hall–Kier alpha value is -3.40. The molecule has 0 atom stereocenters. The second-order valence-corrected chi connectivity index (χ2v) is 6.43. The first kappa shape index (κ1) is 21.3. The maximum Gasteiger partial charge on any atom is 0.573 e. The van der Waals surface area contributed by atoms with Gasteiger partial charge in [0.15, 0.2) is 0 Å². The van der Waals surface area contributed by atoms with Crippen molar-refractivity contribution in [3.8, 4) is 5.75 Å². The molecule has 1 aliphatic rings. The quantitative estimate of drug-likeness (QED) is 0.747. The molecule has 1 aromatic carbocycles. The molecule has 1 amide bonds. The number of hydrogen-bond donors (Lipinski definition) is 2. The zero-order valence-corrected chi connectivity index (χ0v) is 16.0. The second-order valence-electron chi connectivity index (χ2n) is 6.43. The smallest absolute Gasteiger partial charge is 0.406 e. The average Bonchev–Trinajstić information content (AvgIpc) is 2.91. The summed E-state index contributed by atoms with van der Waals surface area (Å²) in [7, 11) is 1.60. The molecule has 158 valence electrons. The summed E-state index contributed by atoms with van der Waals surface area (Å²) >= 11 is 0. The highest BCUT2D eigenvalue weighted by Crippen LogP contribution is 2.28. The molecule has 30 heavy (non-hydrogen) atoms. The summed E-state index contributed by atoms with van der Waals surface area (Å²) in [5.41, 5.74) is 2.32. The lowest BCUT2D eigenvalue weighted by Crippen LogP contribution is -2.30. The minimum Gasteiger partial charge on any atom is -0.406 e. The number of rotatable bonds is 6. The third kappa shape index (κ3) is 5.35. The van der Waals surface area contributed by atoms with Gasteiger partial charge in [0.2, 0.25) is 0 Å². The van der Waals surface area contributed by atoms with Crippen molar-refractivity contribution >= 4 is 23.5 Å². The molecule has 7 nitrogen and oxygen atoms in total. The van der Waals surface area contributed by atoms with Crippen molar-refractivity contribution < 1.29 is 27.8 Å². The number of aliphatic hydroxyl groups is 1. The first-order valence-corrected chi connectivity index (χ1v) is 8.98. The molecule has 2 N–H and O–H groups in total. The average molecular weight is 420 g/mol. The number of nitrogens with one attached hydrogen (secondary N) is 1. The molecule has 0 saturated heterocycles. The van der Waals surface area contributed by atoms with Crippen LogP contribution in [0.15, 0.2) is 48.3 Å². The number of carbonyl (C=O) groups is 1. The zero-order chi connectivity index (χ0) is 21.7. The van der Waals surface area contributed by atoms with Crippen LogP contribution in [-0.4, -0.2) is 52.4 Å². The highest BCUT2D eigenvalue weighted by atomic mass is 19.4. The molecule has 0 saturated carbocycles. The molecular weight excluding hydrogens is 401 g/mol. The SMILES string of the molecule is CN(CCO)C(=O)C1=CCc2ncnc(Nc3ccc(OC(F)(F)F)cc3)c2C=C1. The fraction of sp³-hybridized carbons (Fsp3) is 0.250.